The van der Waals surface area contributed by atoms with Gasteiger partial charge < -0.3 is 10.0 Å². The van der Waals surface area contributed by atoms with Gasteiger partial charge >= 0.3 is 5.97 Å². The number of benzene rings is 1. The van der Waals surface area contributed by atoms with E-state index in [1.807, 2.05) is 31.2 Å². The van der Waals surface area contributed by atoms with Gasteiger partial charge in [0.1, 0.15) is 5.54 Å². The molecule has 21 heavy (non-hydrogen) atoms. The summed E-state index contributed by atoms with van der Waals surface area (Å²) in [6.07, 6.45) is 2.51. The normalized spacial score (nSPS) is 27.7. The van der Waals surface area contributed by atoms with Crippen LogP contribution >= 0.6 is 11.8 Å². The summed E-state index contributed by atoms with van der Waals surface area (Å²) in [5.41, 5.74) is 0.198. The third kappa shape index (κ3) is 2.24. The van der Waals surface area contributed by atoms with Crippen molar-refractivity contribution in [2.45, 2.75) is 48.3 Å². The van der Waals surface area contributed by atoms with Gasteiger partial charge in [0.25, 0.3) is 0 Å². The topological polar surface area (TPSA) is 57.6 Å². The molecular formula is C16H19NO3S. The van der Waals surface area contributed by atoms with Crippen molar-refractivity contribution in [2.24, 2.45) is 0 Å². The van der Waals surface area contributed by atoms with Crippen LogP contribution in [0.5, 0.6) is 0 Å². The smallest absolute Gasteiger partial charge is 0.329 e. The Morgan fingerprint density at radius 1 is 1.43 bits per heavy atom. The van der Waals surface area contributed by atoms with Gasteiger partial charge in [0.15, 0.2) is 0 Å². The number of carbonyl (C=O) groups excluding carboxylic acids is 1. The van der Waals surface area contributed by atoms with Crippen LogP contribution < -0.4 is 0 Å². The number of likely N-dealkylation sites (tertiary alicyclic amines) is 1. The Kier molecular flexibility index (Phi) is 3.69. The molecule has 1 aromatic rings. The number of carboxylic acid groups (broad SMARTS) is 1. The summed E-state index contributed by atoms with van der Waals surface area (Å²) < 4.78 is 0. The summed E-state index contributed by atoms with van der Waals surface area (Å²) >= 11 is 1.57. The Balaban J connectivity index is 1.82. The van der Waals surface area contributed by atoms with Gasteiger partial charge in [-0.25, -0.2) is 4.79 Å². The average Bonchev–Trinajstić information content (AvgIpc) is 3.10. The molecule has 0 saturated carbocycles. The van der Waals surface area contributed by atoms with Gasteiger partial charge in [-0.1, -0.05) is 25.1 Å². The predicted octanol–water partition coefficient (Wildman–Crippen LogP) is 2.56. The Bertz CT molecular complexity index is 564. The van der Waals surface area contributed by atoms with E-state index in [4.69, 9.17) is 0 Å². The number of carbonyl (C=O) groups is 2. The molecule has 0 aromatic heterocycles. The molecule has 1 amide bonds. The fourth-order valence-electron chi connectivity index (χ4n) is 3.43. The fourth-order valence-corrected chi connectivity index (χ4v) is 4.69. The molecule has 2 aliphatic rings. The first kappa shape index (κ1) is 14.4. The second kappa shape index (κ2) is 5.37. The molecule has 3 rings (SSSR count). The molecule has 1 fully saturated rings. The van der Waals surface area contributed by atoms with Crippen molar-refractivity contribution in [1.29, 1.82) is 0 Å². The molecule has 112 valence electrons. The van der Waals surface area contributed by atoms with Crippen molar-refractivity contribution in [3.8, 4) is 0 Å². The zero-order valence-electron chi connectivity index (χ0n) is 12.0. The van der Waals surface area contributed by atoms with Gasteiger partial charge in [-0.3, -0.25) is 4.79 Å². The lowest BCUT2D eigenvalue weighted by atomic mass is 9.92. The Labute approximate surface area is 128 Å². The highest BCUT2D eigenvalue weighted by Gasteiger charge is 2.50. The second-order valence-electron chi connectivity index (χ2n) is 5.70. The molecule has 4 nitrogen and oxygen atoms in total. The highest BCUT2D eigenvalue weighted by Crippen LogP contribution is 2.41. The number of thioether (sulfide) groups is 1. The first-order valence-corrected chi connectivity index (χ1v) is 8.26. The van der Waals surface area contributed by atoms with Crippen molar-refractivity contribution < 1.29 is 14.7 Å². The number of amides is 1. The molecule has 2 unspecified atom stereocenters. The van der Waals surface area contributed by atoms with E-state index in [0.29, 0.717) is 25.8 Å². The fraction of sp³-hybridized carbons (Fsp3) is 0.500. The van der Waals surface area contributed by atoms with Crippen molar-refractivity contribution >= 4 is 23.6 Å². The summed E-state index contributed by atoms with van der Waals surface area (Å²) in [4.78, 5) is 27.3. The van der Waals surface area contributed by atoms with Crippen molar-refractivity contribution in [3.05, 3.63) is 29.8 Å². The monoisotopic (exact) mass is 305 g/mol. The minimum Gasteiger partial charge on any atom is -0.479 e. The summed E-state index contributed by atoms with van der Waals surface area (Å²) in [5.74, 6) is -0.880. The summed E-state index contributed by atoms with van der Waals surface area (Å²) in [6.45, 7) is 2.42. The number of fused-ring (bicyclic) bond motifs is 1. The van der Waals surface area contributed by atoms with Crippen LogP contribution in [-0.2, 0) is 16.0 Å². The lowest BCUT2D eigenvalue weighted by Gasteiger charge is -2.35. The van der Waals surface area contributed by atoms with Crippen LogP contribution in [0.15, 0.2) is 29.2 Å². The van der Waals surface area contributed by atoms with Crippen LogP contribution in [0.3, 0.4) is 0 Å². The molecule has 2 heterocycles. The van der Waals surface area contributed by atoms with Gasteiger partial charge in [-0.05, 0) is 37.3 Å². The third-order valence-corrected chi connectivity index (χ3v) is 5.97. The van der Waals surface area contributed by atoms with Crippen molar-refractivity contribution in [1.82, 2.24) is 4.90 Å². The third-order valence-electron chi connectivity index (χ3n) is 4.66. The van der Waals surface area contributed by atoms with E-state index in [9.17, 15) is 14.7 Å². The molecule has 2 atom stereocenters. The highest BCUT2D eigenvalue weighted by atomic mass is 32.2. The minimum absolute atomic E-state index is 0.0158. The maximum absolute atomic E-state index is 12.8. The lowest BCUT2D eigenvalue weighted by Crippen LogP contribution is -2.54. The maximum atomic E-state index is 12.8. The van der Waals surface area contributed by atoms with E-state index in [0.717, 1.165) is 11.3 Å². The summed E-state index contributed by atoms with van der Waals surface area (Å²) in [5, 5.41) is 9.42. The molecule has 0 bridgehead atoms. The van der Waals surface area contributed by atoms with Crippen LogP contribution in [0.2, 0.25) is 0 Å². The molecule has 2 aliphatic heterocycles. The SMILES string of the molecule is CCC1(C(=O)O)CCCN1C(=O)C1Cc2ccccc2S1. The molecule has 0 spiro atoms. The number of rotatable bonds is 3. The van der Waals surface area contributed by atoms with Gasteiger partial charge in [-0.2, -0.15) is 0 Å². The van der Waals surface area contributed by atoms with Crippen LogP contribution in [0.25, 0.3) is 0 Å². The van der Waals surface area contributed by atoms with Crippen LogP contribution in [0.4, 0.5) is 0 Å². The molecule has 1 aromatic carbocycles. The minimum atomic E-state index is -0.994. The number of hydrogen-bond acceptors (Lipinski definition) is 3. The average molecular weight is 305 g/mol. The first-order chi connectivity index (χ1) is 10.1. The largest absolute Gasteiger partial charge is 0.479 e. The van der Waals surface area contributed by atoms with Gasteiger partial charge in [0.05, 0.1) is 5.25 Å². The molecule has 1 saturated heterocycles. The molecule has 5 heteroatoms. The van der Waals surface area contributed by atoms with Crippen LogP contribution in [0.1, 0.15) is 31.7 Å². The van der Waals surface area contributed by atoms with Gasteiger partial charge in [0.2, 0.25) is 5.91 Å². The van der Waals surface area contributed by atoms with E-state index in [-0.39, 0.29) is 11.2 Å². The molecular weight excluding hydrogens is 286 g/mol. The standard InChI is InChI=1S/C16H19NO3S/c1-2-16(15(19)20)8-5-9-17(16)14(18)13-10-11-6-3-4-7-12(11)21-13/h3-4,6-7,13H,2,5,8-10H2,1H3,(H,19,20). The summed E-state index contributed by atoms with van der Waals surface area (Å²) in [6, 6.07) is 8.03. The highest BCUT2D eigenvalue weighted by molar-refractivity contribution is 8.01. The maximum Gasteiger partial charge on any atom is 0.329 e. The summed E-state index contributed by atoms with van der Waals surface area (Å²) in [7, 11) is 0. The Hall–Kier alpha value is -1.49. The molecule has 0 aliphatic carbocycles. The molecule has 1 N–H and O–H groups in total. The zero-order chi connectivity index (χ0) is 15.0. The Morgan fingerprint density at radius 3 is 2.86 bits per heavy atom. The Morgan fingerprint density at radius 2 is 2.19 bits per heavy atom. The number of nitrogens with zero attached hydrogens (tertiary/aromatic N) is 1. The van der Waals surface area contributed by atoms with Crippen molar-refractivity contribution in [2.75, 3.05) is 6.54 Å². The van der Waals surface area contributed by atoms with E-state index < -0.39 is 11.5 Å². The van der Waals surface area contributed by atoms with Gasteiger partial charge in [0, 0.05) is 11.4 Å². The van der Waals surface area contributed by atoms with E-state index in [2.05, 4.69) is 0 Å². The lowest BCUT2D eigenvalue weighted by molar-refractivity contribution is -0.156. The quantitative estimate of drug-likeness (QED) is 0.932. The van der Waals surface area contributed by atoms with E-state index in [1.54, 1.807) is 16.7 Å². The predicted molar refractivity (Wildman–Crippen MR) is 81.4 cm³/mol. The van der Waals surface area contributed by atoms with Gasteiger partial charge in [-0.15, -0.1) is 11.8 Å². The van der Waals surface area contributed by atoms with E-state index >= 15 is 0 Å². The van der Waals surface area contributed by atoms with E-state index in [1.165, 1.54) is 5.56 Å². The first-order valence-electron chi connectivity index (χ1n) is 7.38. The number of aliphatic carboxylic acids is 1. The second-order valence-corrected chi connectivity index (χ2v) is 6.95. The van der Waals surface area contributed by atoms with Crippen LogP contribution in [0, 0.1) is 0 Å². The van der Waals surface area contributed by atoms with Crippen molar-refractivity contribution in [3.63, 3.8) is 0 Å². The number of carboxylic acids is 1. The zero-order valence-corrected chi connectivity index (χ0v) is 12.9. The van der Waals surface area contributed by atoms with Crippen LogP contribution in [-0.4, -0.2) is 39.2 Å². The molecule has 0 radical (unpaired) electrons. The number of hydrogen-bond donors (Lipinski definition) is 1.